The number of esters is 1. The summed E-state index contributed by atoms with van der Waals surface area (Å²) in [5.41, 5.74) is 1.65. The molecule has 0 heterocycles. The molecule has 0 saturated carbocycles. The third kappa shape index (κ3) is 3.55. The summed E-state index contributed by atoms with van der Waals surface area (Å²) in [5.74, 6) is -0.371. The highest BCUT2D eigenvalue weighted by Crippen LogP contribution is 2.23. The minimum atomic E-state index is -0.371. The van der Waals surface area contributed by atoms with Crippen molar-refractivity contribution in [1.29, 1.82) is 5.26 Å². The molecule has 17 heavy (non-hydrogen) atoms. The van der Waals surface area contributed by atoms with Crippen LogP contribution >= 0.6 is 15.9 Å². The highest BCUT2D eigenvalue weighted by molar-refractivity contribution is 9.10. The van der Waals surface area contributed by atoms with Crippen molar-refractivity contribution in [3.05, 3.63) is 33.3 Å². The Bertz CT molecular complexity index is 466. The number of nitrogens with zero attached hydrogens (tertiary/aromatic N) is 1. The number of nitriles is 1. The molecule has 0 aliphatic rings. The first-order valence-electron chi connectivity index (χ1n) is 5.10. The maximum Gasteiger partial charge on any atom is 0.310 e. The van der Waals surface area contributed by atoms with E-state index in [1.165, 1.54) is 0 Å². The van der Waals surface area contributed by atoms with Crippen molar-refractivity contribution < 1.29 is 14.6 Å². The minimum Gasteiger partial charge on any atom is -0.466 e. The monoisotopic (exact) mass is 297 g/mol. The fourth-order valence-electron chi connectivity index (χ4n) is 1.46. The van der Waals surface area contributed by atoms with Crippen LogP contribution in [0.2, 0.25) is 0 Å². The van der Waals surface area contributed by atoms with Crippen molar-refractivity contribution in [3.63, 3.8) is 0 Å². The van der Waals surface area contributed by atoms with Crippen molar-refractivity contribution in [2.45, 2.75) is 20.0 Å². The van der Waals surface area contributed by atoms with Crippen molar-refractivity contribution in [3.8, 4) is 6.07 Å². The zero-order valence-electron chi connectivity index (χ0n) is 9.36. The minimum absolute atomic E-state index is 0.0534. The van der Waals surface area contributed by atoms with Crippen LogP contribution in [0, 0.1) is 11.3 Å². The van der Waals surface area contributed by atoms with Crippen LogP contribution in [-0.2, 0) is 22.6 Å². The average Bonchev–Trinajstić information content (AvgIpc) is 2.28. The van der Waals surface area contributed by atoms with Gasteiger partial charge in [0.05, 0.1) is 31.3 Å². The Kier molecular flexibility index (Phi) is 5.13. The fraction of sp³-hybridized carbons (Fsp3) is 0.333. The normalized spacial score (nSPS) is 9.76. The predicted molar refractivity (Wildman–Crippen MR) is 65.1 cm³/mol. The number of carbonyl (C=O) groups is 1. The Morgan fingerprint density at radius 2 is 2.29 bits per heavy atom. The molecule has 1 N–H and O–H groups in total. The molecule has 0 aliphatic carbocycles. The molecule has 0 fully saturated rings. The van der Waals surface area contributed by atoms with Crippen LogP contribution in [0.15, 0.2) is 16.6 Å². The molecular weight excluding hydrogens is 286 g/mol. The molecule has 0 aromatic heterocycles. The van der Waals surface area contributed by atoms with Gasteiger partial charge < -0.3 is 9.84 Å². The largest absolute Gasteiger partial charge is 0.466 e. The number of rotatable bonds is 4. The first-order chi connectivity index (χ1) is 8.12. The van der Waals surface area contributed by atoms with Crippen molar-refractivity contribution in [1.82, 2.24) is 0 Å². The van der Waals surface area contributed by atoms with Gasteiger partial charge in [-0.3, -0.25) is 4.79 Å². The van der Waals surface area contributed by atoms with Crippen LogP contribution in [-0.4, -0.2) is 17.7 Å². The molecule has 90 valence electrons. The van der Waals surface area contributed by atoms with E-state index in [2.05, 4.69) is 15.9 Å². The molecule has 0 aliphatic heterocycles. The third-order valence-corrected chi connectivity index (χ3v) is 2.92. The lowest BCUT2D eigenvalue weighted by Gasteiger charge is -2.09. The zero-order chi connectivity index (χ0) is 12.8. The van der Waals surface area contributed by atoms with Gasteiger partial charge in [-0.2, -0.15) is 5.26 Å². The summed E-state index contributed by atoms with van der Waals surface area (Å²) in [7, 11) is 0. The summed E-state index contributed by atoms with van der Waals surface area (Å²) >= 11 is 3.26. The summed E-state index contributed by atoms with van der Waals surface area (Å²) in [4.78, 5) is 11.4. The number of benzene rings is 1. The van der Waals surface area contributed by atoms with Gasteiger partial charge in [0.15, 0.2) is 0 Å². The average molecular weight is 298 g/mol. The van der Waals surface area contributed by atoms with E-state index in [1.54, 1.807) is 19.1 Å². The first kappa shape index (κ1) is 13.7. The first-order valence-corrected chi connectivity index (χ1v) is 5.89. The number of carbonyl (C=O) groups excluding carboxylic acids is 1. The number of ether oxygens (including phenoxy) is 1. The van der Waals surface area contributed by atoms with Crippen LogP contribution in [0.5, 0.6) is 0 Å². The molecule has 0 spiro atoms. The summed E-state index contributed by atoms with van der Waals surface area (Å²) in [5, 5.41) is 18.1. The third-order valence-electron chi connectivity index (χ3n) is 2.22. The zero-order valence-corrected chi connectivity index (χ0v) is 11.0. The number of hydrogen-bond donors (Lipinski definition) is 1. The number of halogens is 1. The van der Waals surface area contributed by atoms with Gasteiger partial charge in [-0.15, -0.1) is 0 Å². The Balaban J connectivity index is 3.08. The van der Waals surface area contributed by atoms with E-state index in [0.29, 0.717) is 27.8 Å². The molecule has 0 bridgehead atoms. The standard InChI is InChI=1S/C12H12BrNO3/c1-2-17-12(16)5-9-3-8(6-14)4-11(13)10(9)7-15/h3-4,15H,2,5,7H2,1H3. The van der Waals surface area contributed by atoms with Gasteiger partial charge in [0, 0.05) is 4.47 Å². The summed E-state index contributed by atoms with van der Waals surface area (Å²) in [6.07, 6.45) is 0.0534. The SMILES string of the molecule is CCOC(=O)Cc1cc(C#N)cc(Br)c1CO. The summed E-state index contributed by atoms with van der Waals surface area (Å²) in [6.45, 7) is 1.85. The molecule has 4 nitrogen and oxygen atoms in total. The summed E-state index contributed by atoms with van der Waals surface area (Å²) < 4.78 is 5.46. The van der Waals surface area contributed by atoms with E-state index < -0.39 is 0 Å². The number of hydrogen-bond acceptors (Lipinski definition) is 4. The molecule has 1 aromatic carbocycles. The highest BCUT2D eigenvalue weighted by Gasteiger charge is 2.12. The maximum atomic E-state index is 11.4. The second-order valence-corrected chi connectivity index (χ2v) is 4.20. The lowest BCUT2D eigenvalue weighted by molar-refractivity contribution is -0.142. The molecule has 5 heteroatoms. The summed E-state index contributed by atoms with van der Waals surface area (Å²) in [6, 6.07) is 5.20. The van der Waals surface area contributed by atoms with Crippen LogP contribution in [0.4, 0.5) is 0 Å². The molecule has 0 radical (unpaired) electrons. The van der Waals surface area contributed by atoms with Crippen LogP contribution < -0.4 is 0 Å². The maximum absolute atomic E-state index is 11.4. The van der Waals surface area contributed by atoms with Crippen LogP contribution in [0.1, 0.15) is 23.6 Å². The Morgan fingerprint density at radius 3 is 2.82 bits per heavy atom. The van der Waals surface area contributed by atoms with Crippen molar-refractivity contribution in [2.75, 3.05) is 6.61 Å². The molecule has 0 amide bonds. The second-order valence-electron chi connectivity index (χ2n) is 3.35. The van der Waals surface area contributed by atoms with E-state index in [1.807, 2.05) is 6.07 Å². The molecule has 1 rings (SSSR count). The molecule has 1 aromatic rings. The van der Waals surface area contributed by atoms with Gasteiger partial charge in [-0.25, -0.2) is 0 Å². The van der Waals surface area contributed by atoms with E-state index in [4.69, 9.17) is 10.00 Å². The van der Waals surface area contributed by atoms with E-state index in [0.717, 1.165) is 0 Å². The number of aliphatic hydroxyl groups excluding tert-OH is 1. The topological polar surface area (TPSA) is 70.3 Å². The van der Waals surface area contributed by atoms with Crippen LogP contribution in [0.25, 0.3) is 0 Å². The lowest BCUT2D eigenvalue weighted by atomic mass is 10.0. The van der Waals surface area contributed by atoms with Crippen molar-refractivity contribution in [2.24, 2.45) is 0 Å². The van der Waals surface area contributed by atoms with Gasteiger partial charge in [0.1, 0.15) is 0 Å². The Labute approximate surface area is 108 Å². The number of aliphatic hydroxyl groups is 1. The fourth-order valence-corrected chi connectivity index (χ4v) is 2.09. The van der Waals surface area contributed by atoms with Crippen molar-refractivity contribution >= 4 is 21.9 Å². The van der Waals surface area contributed by atoms with Crippen LogP contribution in [0.3, 0.4) is 0 Å². The highest BCUT2D eigenvalue weighted by atomic mass is 79.9. The van der Waals surface area contributed by atoms with E-state index in [-0.39, 0.29) is 19.0 Å². The smallest absolute Gasteiger partial charge is 0.310 e. The second kappa shape index (κ2) is 6.38. The van der Waals surface area contributed by atoms with E-state index in [9.17, 15) is 9.90 Å². The van der Waals surface area contributed by atoms with Gasteiger partial charge >= 0.3 is 5.97 Å². The lowest BCUT2D eigenvalue weighted by Crippen LogP contribution is -2.10. The van der Waals surface area contributed by atoms with Gasteiger partial charge in [-0.1, -0.05) is 15.9 Å². The molecule has 0 atom stereocenters. The van der Waals surface area contributed by atoms with Gasteiger partial charge in [0.25, 0.3) is 0 Å². The van der Waals surface area contributed by atoms with Gasteiger partial charge in [-0.05, 0) is 30.2 Å². The molecule has 0 unspecified atom stereocenters. The quantitative estimate of drug-likeness (QED) is 0.862. The Morgan fingerprint density at radius 1 is 1.59 bits per heavy atom. The van der Waals surface area contributed by atoms with Gasteiger partial charge in [0.2, 0.25) is 0 Å². The van der Waals surface area contributed by atoms with E-state index >= 15 is 0 Å². The predicted octanol–water partition coefficient (Wildman–Crippen LogP) is 1.92. The molecule has 0 saturated heterocycles. The Hall–Kier alpha value is -1.38. The molecular formula is C12H12BrNO3.